The molecule has 0 aromatic carbocycles. The summed E-state index contributed by atoms with van der Waals surface area (Å²) in [6, 6.07) is 1.11. The molecule has 2 bridgehead atoms. The van der Waals surface area contributed by atoms with Crippen LogP contribution in [0.15, 0.2) is 0 Å². The lowest BCUT2D eigenvalue weighted by Gasteiger charge is -2.46. The normalized spacial score (nSPS) is 38.6. The molecule has 3 unspecified atom stereocenters. The van der Waals surface area contributed by atoms with E-state index in [9.17, 15) is 4.79 Å². The number of rotatable bonds is 2. The van der Waals surface area contributed by atoms with Gasteiger partial charge in [-0.3, -0.25) is 4.79 Å². The fraction of sp³-hybridized carbons (Fsp3) is 0.889. The molecule has 2 saturated heterocycles. The Morgan fingerprint density at radius 1 is 1.58 bits per heavy atom. The molecule has 68 valence electrons. The number of fused-ring (bicyclic) bond motifs is 2. The molecule has 3 heteroatoms. The van der Waals surface area contributed by atoms with E-state index in [4.69, 9.17) is 4.74 Å². The van der Waals surface area contributed by atoms with Crippen molar-refractivity contribution in [3.05, 3.63) is 0 Å². The lowest BCUT2D eigenvalue weighted by Crippen LogP contribution is -2.61. The minimum Gasteiger partial charge on any atom is -0.466 e. The summed E-state index contributed by atoms with van der Waals surface area (Å²) >= 11 is 0. The fourth-order valence-corrected chi connectivity index (χ4v) is 2.18. The maximum atomic E-state index is 11.4. The molecule has 3 fully saturated rings. The number of esters is 1. The summed E-state index contributed by atoms with van der Waals surface area (Å²) in [5.74, 6) is 0.128. The average molecular weight is 169 g/mol. The van der Waals surface area contributed by atoms with Gasteiger partial charge in [0.1, 0.15) is 0 Å². The first-order chi connectivity index (χ1) is 5.81. The van der Waals surface area contributed by atoms with Gasteiger partial charge in [-0.1, -0.05) is 0 Å². The van der Waals surface area contributed by atoms with E-state index in [1.54, 1.807) is 0 Å². The number of piperidine rings is 1. The molecule has 0 aromatic rings. The van der Waals surface area contributed by atoms with E-state index in [0.29, 0.717) is 18.7 Å². The molecule has 0 aromatic heterocycles. The number of hydrogen-bond acceptors (Lipinski definition) is 3. The Morgan fingerprint density at radius 2 is 2.33 bits per heavy atom. The van der Waals surface area contributed by atoms with Crippen molar-refractivity contribution < 1.29 is 9.53 Å². The van der Waals surface area contributed by atoms with Crippen LogP contribution < -0.4 is 5.32 Å². The predicted molar refractivity (Wildman–Crippen MR) is 44.7 cm³/mol. The van der Waals surface area contributed by atoms with Gasteiger partial charge in [0.25, 0.3) is 0 Å². The molecule has 3 rings (SSSR count). The topological polar surface area (TPSA) is 38.3 Å². The molecule has 3 atom stereocenters. The summed E-state index contributed by atoms with van der Waals surface area (Å²) in [6.45, 7) is 2.36. The fourth-order valence-electron chi connectivity index (χ4n) is 2.18. The van der Waals surface area contributed by atoms with E-state index >= 15 is 0 Å². The molecule has 3 aliphatic rings. The minimum atomic E-state index is -0.00634. The Balaban J connectivity index is 1.89. The molecular formula is C9H15NO2. The molecule has 12 heavy (non-hydrogen) atoms. The van der Waals surface area contributed by atoms with E-state index in [1.165, 1.54) is 6.42 Å². The lowest BCUT2D eigenvalue weighted by molar-refractivity contribution is -0.152. The molecule has 1 N–H and O–H groups in total. The molecule has 3 nitrogen and oxygen atoms in total. The largest absolute Gasteiger partial charge is 0.466 e. The lowest BCUT2D eigenvalue weighted by atomic mass is 9.75. The molecular weight excluding hydrogens is 154 g/mol. The standard InChI is InChI=1S/C9H15NO2/c1-2-12-9(11)7-4-3-6-5-8(7)10-6/h6-8,10H,2-5H2,1H3. The maximum Gasteiger partial charge on any atom is 0.310 e. The van der Waals surface area contributed by atoms with Crippen molar-refractivity contribution in [1.29, 1.82) is 0 Å². The van der Waals surface area contributed by atoms with Gasteiger partial charge in [-0.05, 0) is 26.2 Å². The molecule has 2 aliphatic heterocycles. The van der Waals surface area contributed by atoms with Gasteiger partial charge in [0.15, 0.2) is 0 Å². The Bertz CT molecular complexity index is 184. The average Bonchev–Trinajstić information content (AvgIpc) is 2.03. The van der Waals surface area contributed by atoms with E-state index in [-0.39, 0.29) is 11.9 Å². The van der Waals surface area contributed by atoms with E-state index in [2.05, 4.69) is 5.32 Å². The zero-order valence-electron chi connectivity index (χ0n) is 7.38. The van der Waals surface area contributed by atoms with Crippen LogP contribution in [0, 0.1) is 5.92 Å². The van der Waals surface area contributed by atoms with E-state index in [0.717, 1.165) is 12.8 Å². The summed E-state index contributed by atoms with van der Waals surface area (Å²) in [7, 11) is 0. The first kappa shape index (κ1) is 8.05. The zero-order valence-corrected chi connectivity index (χ0v) is 7.38. The molecule has 0 radical (unpaired) electrons. The van der Waals surface area contributed by atoms with Crippen LogP contribution in [0.5, 0.6) is 0 Å². The van der Waals surface area contributed by atoms with Crippen LogP contribution in [0.4, 0.5) is 0 Å². The van der Waals surface area contributed by atoms with Crippen LogP contribution in [-0.2, 0) is 9.53 Å². The Labute approximate surface area is 72.5 Å². The third-order valence-corrected chi connectivity index (χ3v) is 2.89. The maximum absolute atomic E-state index is 11.4. The van der Waals surface area contributed by atoms with Crippen LogP contribution in [0.2, 0.25) is 0 Å². The van der Waals surface area contributed by atoms with Crippen LogP contribution in [0.25, 0.3) is 0 Å². The summed E-state index contributed by atoms with van der Waals surface area (Å²) in [5, 5.41) is 3.37. The first-order valence-electron chi connectivity index (χ1n) is 4.74. The second-order valence-corrected chi connectivity index (χ2v) is 3.64. The summed E-state index contributed by atoms with van der Waals surface area (Å²) in [6.07, 6.45) is 3.32. The van der Waals surface area contributed by atoms with E-state index < -0.39 is 0 Å². The SMILES string of the molecule is CCOC(=O)C1CCC2CC1N2. The summed E-state index contributed by atoms with van der Waals surface area (Å²) < 4.78 is 5.00. The minimum absolute atomic E-state index is 0.00634. The van der Waals surface area contributed by atoms with Crippen molar-refractivity contribution >= 4 is 5.97 Å². The van der Waals surface area contributed by atoms with Crippen molar-refractivity contribution in [1.82, 2.24) is 5.32 Å². The highest BCUT2D eigenvalue weighted by atomic mass is 16.5. The van der Waals surface area contributed by atoms with Crippen LogP contribution in [0.3, 0.4) is 0 Å². The van der Waals surface area contributed by atoms with Gasteiger partial charge in [-0.15, -0.1) is 0 Å². The zero-order chi connectivity index (χ0) is 8.55. The van der Waals surface area contributed by atoms with Crippen LogP contribution >= 0.6 is 0 Å². The summed E-state index contributed by atoms with van der Waals surface area (Å²) in [5.41, 5.74) is 0. The van der Waals surface area contributed by atoms with Crippen molar-refractivity contribution in [2.24, 2.45) is 5.92 Å². The van der Waals surface area contributed by atoms with Crippen LogP contribution in [-0.4, -0.2) is 24.7 Å². The van der Waals surface area contributed by atoms with Gasteiger partial charge in [-0.2, -0.15) is 0 Å². The molecule has 1 aliphatic carbocycles. The monoisotopic (exact) mass is 169 g/mol. The number of carbonyl (C=O) groups is 1. The number of ether oxygens (including phenoxy) is 1. The smallest absolute Gasteiger partial charge is 0.310 e. The highest BCUT2D eigenvalue weighted by molar-refractivity contribution is 5.73. The second-order valence-electron chi connectivity index (χ2n) is 3.64. The first-order valence-corrected chi connectivity index (χ1v) is 4.74. The highest BCUT2D eigenvalue weighted by Crippen LogP contribution is 2.33. The van der Waals surface area contributed by atoms with Gasteiger partial charge in [0.05, 0.1) is 12.5 Å². The van der Waals surface area contributed by atoms with Crippen molar-refractivity contribution in [3.8, 4) is 0 Å². The Kier molecular flexibility index (Phi) is 2.05. The van der Waals surface area contributed by atoms with Gasteiger partial charge >= 0.3 is 5.97 Å². The van der Waals surface area contributed by atoms with Crippen molar-refractivity contribution in [2.45, 2.75) is 38.3 Å². The Hall–Kier alpha value is -0.570. The second kappa shape index (κ2) is 3.05. The van der Waals surface area contributed by atoms with Crippen molar-refractivity contribution in [3.63, 3.8) is 0 Å². The van der Waals surface area contributed by atoms with Gasteiger partial charge in [0, 0.05) is 12.1 Å². The quantitative estimate of drug-likeness (QED) is 0.618. The van der Waals surface area contributed by atoms with Gasteiger partial charge in [-0.25, -0.2) is 0 Å². The number of carbonyl (C=O) groups excluding carboxylic acids is 1. The van der Waals surface area contributed by atoms with Gasteiger partial charge < -0.3 is 10.1 Å². The Morgan fingerprint density at radius 3 is 2.83 bits per heavy atom. The van der Waals surface area contributed by atoms with Crippen molar-refractivity contribution in [2.75, 3.05) is 6.61 Å². The summed E-state index contributed by atoms with van der Waals surface area (Å²) in [4.78, 5) is 11.4. The highest BCUT2D eigenvalue weighted by Gasteiger charge is 2.43. The third-order valence-electron chi connectivity index (χ3n) is 2.89. The van der Waals surface area contributed by atoms with Gasteiger partial charge in [0.2, 0.25) is 0 Å². The number of nitrogens with one attached hydrogen (secondary N) is 1. The third kappa shape index (κ3) is 1.22. The van der Waals surface area contributed by atoms with Crippen LogP contribution in [0.1, 0.15) is 26.2 Å². The molecule has 1 saturated carbocycles. The number of hydrogen-bond donors (Lipinski definition) is 1. The molecule has 0 spiro atoms. The molecule has 2 heterocycles. The molecule has 0 amide bonds. The van der Waals surface area contributed by atoms with E-state index in [1.807, 2.05) is 6.92 Å². The predicted octanol–water partition coefficient (Wildman–Crippen LogP) is 0.690.